The Kier molecular flexibility index (Phi) is 5.48. The second-order valence-corrected chi connectivity index (χ2v) is 7.70. The van der Waals surface area contributed by atoms with E-state index in [2.05, 4.69) is 27.5 Å². The van der Waals surface area contributed by atoms with E-state index in [1.54, 1.807) is 31.3 Å². The summed E-state index contributed by atoms with van der Waals surface area (Å²) in [5.41, 5.74) is 4.79. The number of hydrogen-bond acceptors (Lipinski definition) is 6. The second kappa shape index (κ2) is 8.74. The fraction of sp³-hybridized carbons (Fsp3) is 0.200. The van der Waals surface area contributed by atoms with Crippen molar-refractivity contribution in [2.24, 2.45) is 0 Å². The minimum atomic E-state index is -0.131. The van der Waals surface area contributed by atoms with E-state index in [0.717, 1.165) is 40.9 Å². The average Bonchev–Trinajstić information content (AvgIpc) is 3.24. The van der Waals surface area contributed by atoms with Crippen LogP contribution in [0.5, 0.6) is 11.5 Å². The van der Waals surface area contributed by atoms with Crippen molar-refractivity contribution in [1.29, 1.82) is 0 Å². The highest BCUT2D eigenvalue weighted by Gasteiger charge is 2.26. The van der Waals surface area contributed by atoms with Gasteiger partial charge in [-0.15, -0.1) is 10.2 Å². The standard InChI is InChI=1S/C25H23N5O3/c1-32-22-14-13-19(15-23(22)33-2)25-26-28-29(27-25)16-24(31)30-20-9-5-3-7-17(20)11-12-18-8-4-6-10-21(18)30/h3-10,13-15H,11-12,16H2,1-2H3. The summed E-state index contributed by atoms with van der Waals surface area (Å²) in [4.78, 5) is 16.6. The molecule has 3 aromatic carbocycles. The first-order valence-corrected chi connectivity index (χ1v) is 10.7. The molecular weight excluding hydrogens is 418 g/mol. The van der Waals surface area contributed by atoms with Gasteiger partial charge in [-0.1, -0.05) is 36.4 Å². The number of fused-ring (bicyclic) bond motifs is 2. The van der Waals surface area contributed by atoms with E-state index >= 15 is 0 Å². The summed E-state index contributed by atoms with van der Waals surface area (Å²) in [5, 5.41) is 12.7. The SMILES string of the molecule is COc1ccc(-c2nnn(CC(=O)N3c4ccccc4CCc4ccccc43)n2)cc1OC. The van der Waals surface area contributed by atoms with Gasteiger partial charge in [0, 0.05) is 5.56 Å². The molecule has 0 spiro atoms. The zero-order chi connectivity index (χ0) is 22.8. The number of benzene rings is 3. The van der Waals surface area contributed by atoms with Crippen LogP contribution in [0.15, 0.2) is 66.7 Å². The number of nitrogens with zero attached hydrogens (tertiary/aromatic N) is 5. The lowest BCUT2D eigenvalue weighted by atomic mass is 10.0. The number of aromatic nitrogens is 4. The van der Waals surface area contributed by atoms with Crippen LogP contribution in [-0.4, -0.2) is 40.3 Å². The number of para-hydroxylation sites is 2. The van der Waals surface area contributed by atoms with Crippen LogP contribution in [0.4, 0.5) is 11.4 Å². The molecule has 4 aromatic rings. The number of tetrazole rings is 1. The molecule has 0 fully saturated rings. The first-order chi connectivity index (χ1) is 16.2. The maximum atomic E-state index is 13.5. The molecule has 0 radical (unpaired) electrons. The van der Waals surface area contributed by atoms with Gasteiger partial charge in [0.2, 0.25) is 5.82 Å². The lowest BCUT2D eigenvalue weighted by Crippen LogP contribution is -2.31. The quantitative estimate of drug-likeness (QED) is 0.468. The van der Waals surface area contributed by atoms with Gasteiger partial charge in [0.15, 0.2) is 11.5 Å². The molecule has 0 atom stereocenters. The predicted octanol–water partition coefficient (Wildman–Crippen LogP) is 3.82. The first kappa shape index (κ1) is 20.7. The number of rotatable bonds is 5. The Morgan fingerprint density at radius 2 is 1.52 bits per heavy atom. The Morgan fingerprint density at radius 3 is 2.15 bits per heavy atom. The summed E-state index contributed by atoms with van der Waals surface area (Å²) < 4.78 is 10.6. The number of carbonyl (C=O) groups excluding carboxylic acids is 1. The van der Waals surface area contributed by atoms with Crippen LogP contribution in [0.25, 0.3) is 11.4 Å². The van der Waals surface area contributed by atoms with Crippen molar-refractivity contribution in [3.63, 3.8) is 0 Å². The van der Waals surface area contributed by atoms with Crippen LogP contribution in [0.2, 0.25) is 0 Å². The Bertz CT molecular complexity index is 1270. The van der Waals surface area contributed by atoms with Gasteiger partial charge in [-0.25, -0.2) is 0 Å². The molecule has 166 valence electrons. The summed E-state index contributed by atoms with van der Waals surface area (Å²) in [6.45, 7) is -0.0387. The fourth-order valence-corrected chi connectivity index (χ4v) is 4.14. The third-order valence-electron chi connectivity index (χ3n) is 5.75. The second-order valence-electron chi connectivity index (χ2n) is 7.70. The Labute approximate surface area is 191 Å². The minimum Gasteiger partial charge on any atom is -0.493 e. The van der Waals surface area contributed by atoms with E-state index in [0.29, 0.717) is 17.3 Å². The minimum absolute atomic E-state index is 0.0387. The molecule has 0 saturated carbocycles. The van der Waals surface area contributed by atoms with E-state index in [1.807, 2.05) is 42.5 Å². The molecule has 5 rings (SSSR count). The maximum absolute atomic E-state index is 13.5. The Morgan fingerprint density at radius 1 is 0.879 bits per heavy atom. The monoisotopic (exact) mass is 441 g/mol. The van der Waals surface area contributed by atoms with Gasteiger partial charge >= 0.3 is 0 Å². The topological polar surface area (TPSA) is 82.4 Å². The van der Waals surface area contributed by atoms with Crippen molar-refractivity contribution in [1.82, 2.24) is 20.2 Å². The van der Waals surface area contributed by atoms with Crippen LogP contribution < -0.4 is 14.4 Å². The third kappa shape index (κ3) is 3.91. The molecule has 0 bridgehead atoms. The first-order valence-electron chi connectivity index (χ1n) is 10.7. The summed E-state index contributed by atoms with van der Waals surface area (Å²) in [5.74, 6) is 1.45. The van der Waals surface area contributed by atoms with Crippen molar-refractivity contribution in [2.45, 2.75) is 19.4 Å². The van der Waals surface area contributed by atoms with Gasteiger partial charge < -0.3 is 9.47 Å². The molecule has 1 aliphatic heterocycles. The molecule has 2 heterocycles. The summed E-state index contributed by atoms with van der Waals surface area (Å²) in [6, 6.07) is 21.4. The van der Waals surface area contributed by atoms with Crippen molar-refractivity contribution in [3.8, 4) is 22.9 Å². The number of hydrogen-bond donors (Lipinski definition) is 0. The number of ether oxygens (including phenoxy) is 2. The predicted molar refractivity (Wildman–Crippen MR) is 124 cm³/mol. The van der Waals surface area contributed by atoms with Gasteiger partial charge in [-0.05, 0) is 59.5 Å². The smallest absolute Gasteiger partial charge is 0.255 e. The number of carbonyl (C=O) groups is 1. The molecule has 0 N–H and O–H groups in total. The fourth-order valence-electron chi connectivity index (χ4n) is 4.14. The van der Waals surface area contributed by atoms with E-state index in [-0.39, 0.29) is 12.5 Å². The molecule has 8 heteroatoms. The molecule has 1 aromatic heterocycles. The molecule has 1 amide bonds. The average molecular weight is 441 g/mol. The van der Waals surface area contributed by atoms with Crippen LogP contribution >= 0.6 is 0 Å². The van der Waals surface area contributed by atoms with E-state index in [9.17, 15) is 4.79 Å². The van der Waals surface area contributed by atoms with Gasteiger partial charge in [-0.3, -0.25) is 9.69 Å². The van der Waals surface area contributed by atoms with Crippen LogP contribution in [0, 0.1) is 0 Å². The zero-order valence-electron chi connectivity index (χ0n) is 18.4. The zero-order valence-corrected chi connectivity index (χ0v) is 18.4. The molecule has 33 heavy (non-hydrogen) atoms. The highest BCUT2D eigenvalue weighted by molar-refractivity contribution is 6.02. The number of amides is 1. The lowest BCUT2D eigenvalue weighted by Gasteiger charge is -2.24. The van der Waals surface area contributed by atoms with Crippen LogP contribution in [-0.2, 0) is 24.2 Å². The molecule has 8 nitrogen and oxygen atoms in total. The van der Waals surface area contributed by atoms with Crippen LogP contribution in [0.3, 0.4) is 0 Å². The largest absolute Gasteiger partial charge is 0.493 e. The van der Waals surface area contributed by atoms with Crippen molar-refractivity contribution in [2.75, 3.05) is 19.1 Å². The lowest BCUT2D eigenvalue weighted by molar-refractivity contribution is -0.118. The normalized spacial score (nSPS) is 12.5. The van der Waals surface area contributed by atoms with E-state index < -0.39 is 0 Å². The molecule has 1 aliphatic rings. The van der Waals surface area contributed by atoms with Gasteiger partial charge in [0.05, 0.1) is 25.6 Å². The number of aryl methyl sites for hydroxylation is 2. The van der Waals surface area contributed by atoms with Gasteiger partial charge in [-0.2, -0.15) is 4.80 Å². The van der Waals surface area contributed by atoms with Crippen molar-refractivity contribution >= 4 is 17.3 Å². The summed E-state index contributed by atoms with van der Waals surface area (Å²) in [7, 11) is 3.15. The molecule has 0 unspecified atom stereocenters. The summed E-state index contributed by atoms with van der Waals surface area (Å²) in [6.07, 6.45) is 1.75. The molecular formula is C25H23N5O3. The van der Waals surface area contributed by atoms with Crippen molar-refractivity contribution in [3.05, 3.63) is 77.9 Å². The van der Waals surface area contributed by atoms with Gasteiger partial charge in [0.1, 0.15) is 6.54 Å². The van der Waals surface area contributed by atoms with Crippen LogP contribution in [0.1, 0.15) is 11.1 Å². The highest BCUT2D eigenvalue weighted by atomic mass is 16.5. The number of anilines is 2. The Hall–Kier alpha value is -4.20. The highest BCUT2D eigenvalue weighted by Crippen LogP contribution is 2.36. The molecule has 0 aliphatic carbocycles. The number of methoxy groups -OCH3 is 2. The summed E-state index contributed by atoms with van der Waals surface area (Å²) >= 11 is 0. The maximum Gasteiger partial charge on any atom is 0.255 e. The third-order valence-corrected chi connectivity index (χ3v) is 5.75. The van der Waals surface area contributed by atoms with Gasteiger partial charge in [0.25, 0.3) is 5.91 Å². The van der Waals surface area contributed by atoms with Crippen molar-refractivity contribution < 1.29 is 14.3 Å². The van der Waals surface area contributed by atoms with E-state index in [4.69, 9.17) is 9.47 Å². The molecule has 0 saturated heterocycles. The Balaban J connectivity index is 1.45. The van der Waals surface area contributed by atoms with E-state index in [1.165, 1.54) is 4.80 Å².